The minimum absolute atomic E-state index is 0.0459. The van der Waals surface area contributed by atoms with Crippen LogP contribution in [0.3, 0.4) is 0 Å². The Morgan fingerprint density at radius 3 is 2.57 bits per heavy atom. The number of carbonyl (C=O) groups excluding carboxylic acids is 1. The molecule has 140 valence electrons. The number of aromatic nitrogens is 2. The van der Waals surface area contributed by atoms with Crippen molar-refractivity contribution in [3.05, 3.63) is 82.6 Å². The Labute approximate surface area is 164 Å². The van der Waals surface area contributed by atoms with Gasteiger partial charge in [0.2, 0.25) is 5.78 Å². The third-order valence-electron chi connectivity index (χ3n) is 4.54. The number of carbonyl (C=O) groups is 1. The molecule has 4 nitrogen and oxygen atoms in total. The molecule has 0 radical (unpaired) electrons. The molecule has 0 aliphatic heterocycles. The second kappa shape index (κ2) is 7.05. The summed E-state index contributed by atoms with van der Waals surface area (Å²) in [6.45, 7) is 0. The van der Waals surface area contributed by atoms with E-state index >= 15 is 0 Å². The fourth-order valence-electron chi connectivity index (χ4n) is 3.08. The maximum Gasteiger partial charge on any atom is 0.201 e. The van der Waals surface area contributed by atoms with E-state index in [0.29, 0.717) is 16.1 Å². The molecule has 28 heavy (non-hydrogen) atoms. The van der Waals surface area contributed by atoms with E-state index in [9.17, 15) is 13.6 Å². The fraction of sp³-hybridized carbons (Fsp3) is 0.0476. The second-order valence-electron chi connectivity index (χ2n) is 6.19. The zero-order valence-electron chi connectivity index (χ0n) is 14.7. The van der Waals surface area contributed by atoms with Crippen molar-refractivity contribution in [2.75, 3.05) is 12.4 Å². The van der Waals surface area contributed by atoms with E-state index in [1.165, 1.54) is 19.3 Å². The minimum Gasteiger partial charge on any atom is -0.386 e. The Hall–Kier alpha value is -3.25. The van der Waals surface area contributed by atoms with Gasteiger partial charge in [-0.1, -0.05) is 23.7 Å². The summed E-state index contributed by atoms with van der Waals surface area (Å²) in [5, 5.41) is 3.69. The fourth-order valence-corrected chi connectivity index (χ4v) is 3.21. The smallest absolute Gasteiger partial charge is 0.201 e. The number of aromatic amines is 1. The highest BCUT2D eigenvalue weighted by atomic mass is 35.5. The molecule has 2 N–H and O–H groups in total. The number of fused-ring (bicyclic) bond motifs is 1. The number of benzene rings is 2. The summed E-state index contributed by atoms with van der Waals surface area (Å²) >= 11 is 5.92. The molecule has 0 aliphatic rings. The van der Waals surface area contributed by atoms with E-state index in [1.54, 1.807) is 24.4 Å². The molecule has 4 rings (SSSR count). The third kappa shape index (κ3) is 3.01. The van der Waals surface area contributed by atoms with Crippen molar-refractivity contribution in [3.8, 4) is 11.1 Å². The predicted octanol–water partition coefficient (Wildman–Crippen LogP) is 5.43. The molecule has 0 amide bonds. The van der Waals surface area contributed by atoms with Gasteiger partial charge in [-0.05, 0) is 35.9 Å². The van der Waals surface area contributed by atoms with E-state index in [4.69, 9.17) is 11.6 Å². The lowest BCUT2D eigenvalue weighted by Crippen LogP contribution is -2.09. The molecule has 0 atom stereocenters. The molecule has 0 spiro atoms. The van der Waals surface area contributed by atoms with Gasteiger partial charge < -0.3 is 10.3 Å². The van der Waals surface area contributed by atoms with Gasteiger partial charge in [0.15, 0.2) is 5.82 Å². The van der Waals surface area contributed by atoms with Gasteiger partial charge in [-0.15, -0.1) is 0 Å². The summed E-state index contributed by atoms with van der Waals surface area (Å²) in [6, 6.07) is 11.2. The molecule has 2 aromatic heterocycles. The zero-order chi connectivity index (χ0) is 19.8. The zero-order valence-corrected chi connectivity index (χ0v) is 15.4. The van der Waals surface area contributed by atoms with Crippen LogP contribution in [0.25, 0.3) is 22.2 Å². The monoisotopic (exact) mass is 397 g/mol. The first-order valence-corrected chi connectivity index (χ1v) is 8.81. The topological polar surface area (TPSA) is 57.8 Å². The van der Waals surface area contributed by atoms with Gasteiger partial charge in [0.25, 0.3) is 0 Å². The van der Waals surface area contributed by atoms with Crippen molar-refractivity contribution in [2.45, 2.75) is 0 Å². The van der Waals surface area contributed by atoms with E-state index in [-0.39, 0.29) is 11.3 Å². The summed E-state index contributed by atoms with van der Waals surface area (Å²) in [4.78, 5) is 20.1. The normalized spacial score (nSPS) is 11.0. The second-order valence-corrected chi connectivity index (χ2v) is 6.63. The quantitative estimate of drug-likeness (QED) is 0.451. The van der Waals surface area contributed by atoms with Crippen LogP contribution in [0.15, 0.2) is 54.9 Å². The van der Waals surface area contributed by atoms with Crippen molar-refractivity contribution in [1.29, 1.82) is 0 Å². The molecule has 0 bridgehead atoms. The average molecular weight is 398 g/mol. The molecule has 0 fully saturated rings. The number of hydrogen-bond acceptors (Lipinski definition) is 3. The lowest BCUT2D eigenvalue weighted by molar-refractivity contribution is 0.103. The number of ketones is 1. The molecule has 4 aromatic rings. The summed E-state index contributed by atoms with van der Waals surface area (Å²) < 4.78 is 28.9. The van der Waals surface area contributed by atoms with Crippen LogP contribution in [-0.4, -0.2) is 22.8 Å². The van der Waals surface area contributed by atoms with Crippen molar-refractivity contribution in [1.82, 2.24) is 9.97 Å². The van der Waals surface area contributed by atoms with Crippen molar-refractivity contribution >= 4 is 34.1 Å². The largest absolute Gasteiger partial charge is 0.386 e. The molecular weight excluding hydrogens is 384 g/mol. The van der Waals surface area contributed by atoms with Crippen LogP contribution in [-0.2, 0) is 0 Å². The first-order valence-electron chi connectivity index (χ1n) is 8.43. The molecule has 0 unspecified atom stereocenters. The van der Waals surface area contributed by atoms with Crippen LogP contribution < -0.4 is 5.32 Å². The maximum absolute atomic E-state index is 14.6. The standard InChI is InChI=1S/C21H14ClF2N3O/c1-25-17-7-6-16(23)18(19(17)24)20(28)15-10-27-21-14(15)8-12(9-26-21)11-2-4-13(22)5-3-11/h2-10,25H,1H3,(H,26,27). The lowest BCUT2D eigenvalue weighted by Gasteiger charge is -2.08. The van der Waals surface area contributed by atoms with Gasteiger partial charge in [-0.25, -0.2) is 13.8 Å². The van der Waals surface area contributed by atoms with Crippen LogP contribution in [0.4, 0.5) is 14.5 Å². The number of nitrogens with zero attached hydrogens (tertiary/aromatic N) is 1. The first-order chi connectivity index (χ1) is 13.5. The van der Waals surface area contributed by atoms with Gasteiger partial charge >= 0.3 is 0 Å². The van der Waals surface area contributed by atoms with E-state index in [2.05, 4.69) is 15.3 Å². The minimum atomic E-state index is -0.927. The molecule has 0 saturated heterocycles. The number of anilines is 1. The number of halogens is 3. The first kappa shape index (κ1) is 18.1. The van der Waals surface area contributed by atoms with Crippen molar-refractivity contribution in [3.63, 3.8) is 0 Å². The molecule has 2 heterocycles. The molecular formula is C21H14ClF2N3O. The highest BCUT2D eigenvalue weighted by Gasteiger charge is 2.24. The van der Waals surface area contributed by atoms with Crippen LogP contribution in [0.1, 0.15) is 15.9 Å². The Morgan fingerprint density at radius 2 is 1.86 bits per heavy atom. The Morgan fingerprint density at radius 1 is 1.11 bits per heavy atom. The van der Waals surface area contributed by atoms with E-state index in [1.807, 2.05) is 12.1 Å². The van der Waals surface area contributed by atoms with Gasteiger partial charge in [-0.3, -0.25) is 4.79 Å². The maximum atomic E-state index is 14.6. The van der Waals surface area contributed by atoms with Crippen molar-refractivity contribution in [2.24, 2.45) is 0 Å². The van der Waals surface area contributed by atoms with Gasteiger partial charge in [0.05, 0.1) is 11.3 Å². The highest BCUT2D eigenvalue weighted by Crippen LogP contribution is 2.29. The van der Waals surface area contributed by atoms with Crippen LogP contribution in [0, 0.1) is 11.6 Å². The molecule has 0 aliphatic carbocycles. The predicted molar refractivity (Wildman–Crippen MR) is 106 cm³/mol. The SMILES string of the molecule is CNc1ccc(F)c(C(=O)c2c[nH]c3ncc(-c4ccc(Cl)cc4)cc23)c1F. The van der Waals surface area contributed by atoms with Crippen LogP contribution >= 0.6 is 11.6 Å². The van der Waals surface area contributed by atoms with Gasteiger partial charge in [-0.2, -0.15) is 0 Å². The number of pyridine rings is 1. The van der Waals surface area contributed by atoms with Crippen LogP contribution in [0.2, 0.25) is 5.02 Å². The Kier molecular flexibility index (Phi) is 4.57. The number of H-pyrrole nitrogens is 1. The van der Waals surface area contributed by atoms with Gasteiger partial charge in [0, 0.05) is 41.0 Å². The highest BCUT2D eigenvalue weighted by molar-refractivity contribution is 6.30. The summed E-state index contributed by atoms with van der Waals surface area (Å²) in [7, 11) is 1.50. The summed E-state index contributed by atoms with van der Waals surface area (Å²) in [6.07, 6.45) is 3.07. The lowest BCUT2D eigenvalue weighted by atomic mass is 10.00. The molecule has 0 saturated carbocycles. The number of hydrogen-bond donors (Lipinski definition) is 2. The summed E-state index contributed by atoms with van der Waals surface area (Å²) in [5.41, 5.74) is 1.64. The molecule has 2 aromatic carbocycles. The number of rotatable bonds is 4. The van der Waals surface area contributed by atoms with E-state index < -0.39 is 23.0 Å². The number of nitrogens with one attached hydrogen (secondary N) is 2. The van der Waals surface area contributed by atoms with Gasteiger partial charge in [0.1, 0.15) is 11.5 Å². The van der Waals surface area contributed by atoms with E-state index in [0.717, 1.165) is 17.2 Å². The Bertz CT molecular complexity index is 1200. The molecule has 7 heteroatoms. The summed E-state index contributed by atoms with van der Waals surface area (Å²) in [5.74, 6) is -2.60. The van der Waals surface area contributed by atoms with Crippen molar-refractivity contribution < 1.29 is 13.6 Å². The third-order valence-corrected chi connectivity index (χ3v) is 4.79. The Balaban J connectivity index is 1.85. The van der Waals surface area contributed by atoms with Crippen LogP contribution in [0.5, 0.6) is 0 Å². The average Bonchev–Trinajstić information content (AvgIpc) is 3.12.